The molecule has 4 aromatic rings. The maximum atomic E-state index is 12.4. The number of hydrogen-bond donors (Lipinski definition) is 1. The molecule has 0 unspecified atom stereocenters. The summed E-state index contributed by atoms with van der Waals surface area (Å²) in [5.74, 6) is -0.689. The molecular formula is C20H22N6O4. The molecule has 3 aromatic heterocycles. The van der Waals surface area contributed by atoms with Gasteiger partial charge < -0.3 is 14.6 Å². The highest BCUT2D eigenvalue weighted by Gasteiger charge is 2.12. The van der Waals surface area contributed by atoms with Crippen molar-refractivity contribution in [1.29, 1.82) is 0 Å². The molecule has 0 saturated carbocycles. The molecular weight excluding hydrogens is 388 g/mol. The van der Waals surface area contributed by atoms with Gasteiger partial charge in [-0.15, -0.1) is 5.10 Å². The zero-order valence-corrected chi connectivity index (χ0v) is 16.7. The molecule has 4 rings (SSSR count). The van der Waals surface area contributed by atoms with E-state index in [4.69, 9.17) is 4.42 Å². The molecule has 0 aliphatic heterocycles. The normalized spacial score (nSPS) is 11.6. The summed E-state index contributed by atoms with van der Waals surface area (Å²) >= 11 is 0. The van der Waals surface area contributed by atoms with Crippen LogP contribution in [-0.4, -0.2) is 50.2 Å². The van der Waals surface area contributed by atoms with Crippen LogP contribution in [0.25, 0.3) is 16.7 Å². The van der Waals surface area contributed by atoms with Crippen LogP contribution < -0.4 is 16.8 Å². The van der Waals surface area contributed by atoms with E-state index in [0.717, 1.165) is 0 Å². The second-order valence-corrected chi connectivity index (χ2v) is 7.24. The number of carbonyl (C=O) groups excluding carboxylic acids is 1. The quantitative estimate of drug-likeness (QED) is 0.487. The first kappa shape index (κ1) is 19.6. The molecule has 0 radical (unpaired) electrons. The molecule has 156 valence electrons. The number of hydrogen-bond acceptors (Lipinski definition) is 6. The number of aryl methyl sites for hydroxylation is 1. The van der Waals surface area contributed by atoms with Crippen LogP contribution in [0.4, 0.5) is 5.69 Å². The molecule has 0 fully saturated rings. The number of pyridine rings is 1. The van der Waals surface area contributed by atoms with Crippen LogP contribution in [-0.2, 0) is 17.9 Å². The van der Waals surface area contributed by atoms with Gasteiger partial charge in [0.2, 0.25) is 5.91 Å². The Hall–Kier alpha value is -3.66. The Morgan fingerprint density at radius 1 is 1.17 bits per heavy atom. The van der Waals surface area contributed by atoms with Gasteiger partial charge in [0.15, 0.2) is 11.2 Å². The minimum Gasteiger partial charge on any atom is -0.408 e. The van der Waals surface area contributed by atoms with Crippen LogP contribution >= 0.6 is 0 Å². The third-order valence-electron chi connectivity index (χ3n) is 4.76. The number of anilines is 1. The lowest BCUT2D eigenvalue weighted by Gasteiger charge is -2.10. The number of rotatable bonds is 7. The number of nitrogens with zero attached hydrogens (tertiary/aromatic N) is 5. The second kappa shape index (κ2) is 7.99. The molecule has 0 spiro atoms. The average Bonchev–Trinajstić information content (AvgIpc) is 3.20. The first-order chi connectivity index (χ1) is 14.4. The molecule has 3 heterocycles. The van der Waals surface area contributed by atoms with E-state index in [0.29, 0.717) is 35.5 Å². The van der Waals surface area contributed by atoms with E-state index < -0.39 is 5.76 Å². The van der Waals surface area contributed by atoms with Crippen molar-refractivity contribution >= 4 is 28.3 Å². The highest BCUT2D eigenvalue weighted by atomic mass is 16.4. The van der Waals surface area contributed by atoms with Crippen LogP contribution in [0.1, 0.15) is 6.42 Å². The van der Waals surface area contributed by atoms with Crippen molar-refractivity contribution in [3.05, 3.63) is 63.6 Å². The predicted molar refractivity (Wildman–Crippen MR) is 112 cm³/mol. The predicted octanol–water partition coefficient (Wildman–Crippen LogP) is 0.994. The number of fused-ring (bicyclic) bond motifs is 2. The van der Waals surface area contributed by atoms with Gasteiger partial charge in [-0.05, 0) is 44.4 Å². The minimum atomic E-state index is -0.429. The fourth-order valence-electron chi connectivity index (χ4n) is 3.20. The molecule has 0 saturated heterocycles. The van der Waals surface area contributed by atoms with Gasteiger partial charge in [-0.1, -0.05) is 6.07 Å². The third kappa shape index (κ3) is 3.90. The zero-order valence-electron chi connectivity index (χ0n) is 16.7. The van der Waals surface area contributed by atoms with Crippen molar-refractivity contribution in [3.63, 3.8) is 0 Å². The number of benzene rings is 1. The maximum absolute atomic E-state index is 12.4. The number of likely N-dealkylation sites (N-methyl/N-ethyl adjacent to an activating group) is 1. The van der Waals surface area contributed by atoms with Crippen molar-refractivity contribution < 1.29 is 9.21 Å². The molecule has 0 aliphatic carbocycles. The lowest BCUT2D eigenvalue weighted by molar-refractivity contribution is -0.116. The van der Waals surface area contributed by atoms with E-state index >= 15 is 0 Å². The number of aromatic nitrogens is 4. The fraction of sp³-hybridized carbons (Fsp3) is 0.300. The summed E-state index contributed by atoms with van der Waals surface area (Å²) in [5.41, 5.74) is 1.88. The van der Waals surface area contributed by atoms with Crippen LogP contribution in [0.15, 0.2) is 56.6 Å². The van der Waals surface area contributed by atoms with E-state index in [-0.39, 0.29) is 24.6 Å². The minimum absolute atomic E-state index is 0.0840. The second-order valence-electron chi connectivity index (χ2n) is 7.24. The van der Waals surface area contributed by atoms with Gasteiger partial charge in [-0.25, -0.2) is 14.3 Å². The molecule has 0 aliphatic rings. The largest absolute Gasteiger partial charge is 0.419 e. The lowest BCUT2D eigenvalue weighted by Crippen LogP contribution is -2.24. The first-order valence-corrected chi connectivity index (χ1v) is 9.54. The summed E-state index contributed by atoms with van der Waals surface area (Å²) in [7, 11) is 3.85. The van der Waals surface area contributed by atoms with Gasteiger partial charge in [-0.2, -0.15) is 0 Å². The lowest BCUT2D eigenvalue weighted by atomic mass is 10.2. The SMILES string of the molecule is CN(C)CCn1c(=O)oc2ccc(NC(=O)CCn3nc4ccccn4c3=O)cc21. The van der Waals surface area contributed by atoms with Gasteiger partial charge in [0.1, 0.15) is 0 Å². The van der Waals surface area contributed by atoms with Crippen molar-refractivity contribution in [2.75, 3.05) is 26.0 Å². The average molecular weight is 410 g/mol. The van der Waals surface area contributed by atoms with E-state index in [1.165, 1.54) is 9.08 Å². The van der Waals surface area contributed by atoms with Crippen molar-refractivity contribution in [2.24, 2.45) is 0 Å². The van der Waals surface area contributed by atoms with E-state index in [2.05, 4.69) is 10.4 Å². The van der Waals surface area contributed by atoms with Crippen molar-refractivity contribution in [3.8, 4) is 0 Å². The van der Waals surface area contributed by atoms with Gasteiger partial charge in [0.25, 0.3) is 0 Å². The Labute approximate surface area is 170 Å². The molecule has 30 heavy (non-hydrogen) atoms. The van der Waals surface area contributed by atoms with Crippen molar-refractivity contribution in [2.45, 2.75) is 19.5 Å². The highest BCUT2D eigenvalue weighted by molar-refractivity contribution is 5.92. The topological polar surface area (TPSA) is 107 Å². The van der Waals surface area contributed by atoms with Gasteiger partial charge in [0, 0.05) is 31.4 Å². The summed E-state index contributed by atoms with van der Waals surface area (Å²) in [4.78, 5) is 38.7. The summed E-state index contributed by atoms with van der Waals surface area (Å²) in [6.07, 6.45) is 1.72. The van der Waals surface area contributed by atoms with Crippen LogP contribution in [0.3, 0.4) is 0 Å². The van der Waals surface area contributed by atoms with Gasteiger partial charge in [-0.3, -0.25) is 13.8 Å². The Bertz CT molecular complexity index is 1330. The van der Waals surface area contributed by atoms with E-state index in [9.17, 15) is 14.4 Å². The molecule has 1 aromatic carbocycles. The van der Waals surface area contributed by atoms with Crippen LogP contribution in [0.5, 0.6) is 0 Å². The van der Waals surface area contributed by atoms with Crippen LogP contribution in [0.2, 0.25) is 0 Å². The third-order valence-corrected chi connectivity index (χ3v) is 4.76. The standard InChI is InChI=1S/C20H22N6O4/c1-23(2)11-12-24-15-13-14(6-7-16(15)30-20(24)29)21-18(27)8-10-26-19(28)25-9-4-3-5-17(25)22-26/h3-7,9,13H,8,10-12H2,1-2H3,(H,21,27). The number of amides is 1. The molecule has 1 amide bonds. The highest BCUT2D eigenvalue weighted by Crippen LogP contribution is 2.19. The number of oxazole rings is 1. The van der Waals surface area contributed by atoms with Gasteiger partial charge in [0.05, 0.1) is 12.1 Å². The Kier molecular flexibility index (Phi) is 5.23. The molecule has 10 heteroatoms. The molecule has 1 N–H and O–H groups in total. The Morgan fingerprint density at radius 2 is 2.00 bits per heavy atom. The molecule has 0 bridgehead atoms. The maximum Gasteiger partial charge on any atom is 0.419 e. The van der Waals surface area contributed by atoms with E-state index in [1.54, 1.807) is 47.2 Å². The number of nitrogens with one attached hydrogen (secondary N) is 1. The Morgan fingerprint density at radius 3 is 2.77 bits per heavy atom. The van der Waals surface area contributed by atoms with Crippen molar-refractivity contribution in [1.82, 2.24) is 23.6 Å². The monoisotopic (exact) mass is 410 g/mol. The fourth-order valence-corrected chi connectivity index (χ4v) is 3.20. The summed E-state index contributed by atoms with van der Waals surface area (Å²) in [6.45, 7) is 1.32. The summed E-state index contributed by atoms with van der Waals surface area (Å²) in [5, 5.41) is 7.02. The van der Waals surface area contributed by atoms with E-state index in [1.807, 2.05) is 19.0 Å². The summed E-state index contributed by atoms with van der Waals surface area (Å²) in [6, 6.07) is 10.3. The first-order valence-electron chi connectivity index (χ1n) is 9.54. The zero-order chi connectivity index (χ0) is 21.3. The molecule has 0 atom stereocenters. The summed E-state index contributed by atoms with van der Waals surface area (Å²) < 4.78 is 9.51. The molecule has 10 nitrogen and oxygen atoms in total. The smallest absolute Gasteiger partial charge is 0.408 e. The van der Waals surface area contributed by atoms with Gasteiger partial charge >= 0.3 is 11.4 Å². The van der Waals surface area contributed by atoms with Crippen LogP contribution in [0, 0.1) is 0 Å². The Balaban J connectivity index is 1.47. The number of carbonyl (C=O) groups is 1.